The third kappa shape index (κ3) is 1.95. The lowest BCUT2D eigenvalue weighted by molar-refractivity contribution is -0.132. The summed E-state index contributed by atoms with van der Waals surface area (Å²) < 4.78 is 1.37. The molecule has 0 N–H and O–H groups in total. The Kier molecular flexibility index (Phi) is 2.95. The zero-order valence-corrected chi connectivity index (χ0v) is 8.34. The van der Waals surface area contributed by atoms with Gasteiger partial charge in [0.05, 0.1) is 6.20 Å². The molecule has 1 aromatic heterocycles. The number of aldehydes is 1. The molecule has 76 valence electrons. The summed E-state index contributed by atoms with van der Waals surface area (Å²) in [5, 5.41) is 7.25. The molecule has 0 spiro atoms. The van der Waals surface area contributed by atoms with E-state index in [0.29, 0.717) is 6.29 Å². The standard InChI is InChI=1S/C8H12N4O2/c1-6(8(14)11(2)3)12-4-7(5-13)9-10-12/h4-6H,1-3H3. The predicted octanol–water partition coefficient (Wildman–Crippen LogP) is -0.260. The van der Waals surface area contributed by atoms with Crippen molar-refractivity contribution in [3.8, 4) is 0 Å². The van der Waals surface area contributed by atoms with Crippen LogP contribution >= 0.6 is 0 Å². The van der Waals surface area contributed by atoms with Crippen molar-refractivity contribution in [1.29, 1.82) is 0 Å². The second-order valence-corrected chi connectivity index (χ2v) is 3.15. The molecule has 0 bridgehead atoms. The Hall–Kier alpha value is -1.72. The molecule has 0 saturated carbocycles. The first-order valence-electron chi connectivity index (χ1n) is 4.14. The van der Waals surface area contributed by atoms with Crippen LogP contribution in [-0.2, 0) is 4.79 Å². The Morgan fingerprint density at radius 3 is 2.71 bits per heavy atom. The van der Waals surface area contributed by atoms with Crippen molar-refractivity contribution in [2.45, 2.75) is 13.0 Å². The minimum Gasteiger partial charge on any atom is -0.347 e. The molecule has 0 saturated heterocycles. The summed E-state index contributed by atoms with van der Waals surface area (Å²) >= 11 is 0. The molecule has 0 aliphatic heterocycles. The number of hydrogen-bond donors (Lipinski definition) is 0. The number of rotatable bonds is 3. The van der Waals surface area contributed by atoms with Gasteiger partial charge in [0.1, 0.15) is 11.7 Å². The molecule has 14 heavy (non-hydrogen) atoms. The summed E-state index contributed by atoms with van der Waals surface area (Å²) in [5.41, 5.74) is 0.225. The van der Waals surface area contributed by atoms with Gasteiger partial charge < -0.3 is 4.90 Å². The van der Waals surface area contributed by atoms with E-state index in [4.69, 9.17) is 0 Å². The first kappa shape index (κ1) is 10.4. The van der Waals surface area contributed by atoms with Crippen LogP contribution in [0.4, 0.5) is 0 Å². The van der Waals surface area contributed by atoms with Crippen LogP contribution in [-0.4, -0.2) is 46.2 Å². The summed E-state index contributed by atoms with van der Waals surface area (Å²) in [6.45, 7) is 1.70. The van der Waals surface area contributed by atoms with Gasteiger partial charge in [-0.3, -0.25) is 9.59 Å². The Morgan fingerprint density at radius 2 is 2.29 bits per heavy atom. The highest BCUT2D eigenvalue weighted by Crippen LogP contribution is 2.06. The summed E-state index contributed by atoms with van der Waals surface area (Å²) in [4.78, 5) is 23.3. The summed E-state index contributed by atoms with van der Waals surface area (Å²) in [7, 11) is 3.33. The minimum absolute atomic E-state index is 0.0904. The molecule has 1 aromatic rings. The second kappa shape index (κ2) is 3.99. The van der Waals surface area contributed by atoms with Gasteiger partial charge in [-0.05, 0) is 6.92 Å². The average molecular weight is 196 g/mol. The van der Waals surface area contributed by atoms with Crippen molar-refractivity contribution in [2.75, 3.05) is 14.1 Å². The van der Waals surface area contributed by atoms with Gasteiger partial charge in [-0.1, -0.05) is 5.21 Å². The summed E-state index contributed by atoms with van der Waals surface area (Å²) in [6, 6.07) is -0.439. The van der Waals surface area contributed by atoms with Gasteiger partial charge in [0.15, 0.2) is 6.29 Å². The number of carbonyl (C=O) groups is 2. The number of nitrogens with zero attached hydrogens (tertiary/aromatic N) is 4. The van der Waals surface area contributed by atoms with Crippen molar-refractivity contribution in [1.82, 2.24) is 19.9 Å². The van der Waals surface area contributed by atoms with Gasteiger partial charge in [-0.25, -0.2) is 4.68 Å². The van der Waals surface area contributed by atoms with Crippen LogP contribution in [0.2, 0.25) is 0 Å². The van der Waals surface area contributed by atoms with Gasteiger partial charge in [0.2, 0.25) is 5.91 Å². The molecular formula is C8H12N4O2. The first-order chi connectivity index (χ1) is 6.56. The quantitative estimate of drug-likeness (QED) is 0.624. The maximum absolute atomic E-state index is 11.5. The van der Waals surface area contributed by atoms with Crippen LogP contribution in [0.15, 0.2) is 6.20 Å². The van der Waals surface area contributed by atoms with E-state index in [-0.39, 0.29) is 11.6 Å². The number of hydrogen-bond acceptors (Lipinski definition) is 4. The van der Waals surface area contributed by atoms with E-state index in [9.17, 15) is 9.59 Å². The number of carbonyl (C=O) groups excluding carboxylic acids is 2. The predicted molar refractivity (Wildman–Crippen MR) is 48.8 cm³/mol. The van der Waals surface area contributed by atoms with E-state index in [1.807, 2.05) is 0 Å². The summed E-state index contributed by atoms with van der Waals surface area (Å²) in [5.74, 6) is -0.0904. The largest absolute Gasteiger partial charge is 0.347 e. The zero-order valence-electron chi connectivity index (χ0n) is 8.34. The Bertz CT molecular complexity index is 345. The molecule has 0 fully saturated rings. The highest BCUT2D eigenvalue weighted by molar-refractivity contribution is 5.79. The highest BCUT2D eigenvalue weighted by atomic mass is 16.2. The lowest BCUT2D eigenvalue weighted by Crippen LogP contribution is -2.30. The van der Waals surface area contributed by atoms with Gasteiger partial charge in [-0.2, -0.15) is 0 Å². The number of aromatic nitrogens is 3. The van der Waals surface area contributed by atoms with Gasteiger partial charge in [-0.15, -0.1) is 5.10 Å². The van der Waals surface area contributed by atoms with Gasteiger partial charge >= 0.3 is 0 Å². The maximum atomic E-state index is 11.5. The molecule has 1 rings (SSSR count). The van der Waals surface area contributed by atoms with E-state index < -0.39 is 6.04 Å². The molecule has 1 unspecified atom stereocenters. The highest BCUT2D eigenvalue weighted by Gasteiger charge is 2.17. The normalized spacial score (nSPS) is 12.2. The molecule has 1 heterocycles. The molecule has 0 radical (unpaired) electrons. The van der Waals surface area contributed by atoms with E-state index in [1.165, 1.54) is 15.8 Å². The third-order valence-corrected chi connectivity index (χ3v) is 1.84. The topological polar surface area (TPSA) is 68.1 Å². The fraction of sp³-hybridized carbons (Fsp3) is 0.500. The van der Waals surface area contributed by atoms with Crippen LogP contribution in [0.25, 0.3) is 0 Å². The average Bonchev–Trinajstić information content (AvgIpc) is 2.63. The molecule has 0 aromatic carbocycles. The number of amides is 1. The smallest absolute Gasteiger partial charge is 0.246 e. The van der Waals surface area contributed by atoms with Crippen LogP contribution in [0.3, 0.4) is 0 Å². The Balaban J connectivity index is 2.83. The third-order valence-electron chi connectivity index (χ3n) is 1.84. The lowest BCUT2D eigenvalue weighted by atomic mass is 10.3. The van der Waals surface area contributed by atoms with Crippen molar-refractivity contribution < 1.29 is 9.59 Å². The van der Waals surface area contributed by atoms with Gasteiger partial charge in [0.25, 0.3) is 0 Å². The van der Waals surface area contributed by atoms with E-state index >= 15 is 0 Å². The van der Waals surface area contributed by atoms with E-state index in [1.54, 1.807) is 21.0 Å². The van der Waals surface area contributed by atoms with E-state index in [2.05, 4.69) is 10.3 Å². The Labute approximate surface area is 81.5 Å². The van der Waals surface area contributed by atoms with Crippen LogP contribution < -0.4 is 0 Å². The number of likely N-dealkylation sites (N-methyl/N-ethyl adjacent to an activating group) is 1. The fourth-order valence-electron chi connectivity index (χ4n) is 1.02. The molecule has 1 atom stereocenters. The second-order valence-electron chi connectivity index (χ2n) is 3.15. The van der Waals surface area contributed by atoms with Crippen LogP contribution in [0, 0.1) is 0 Å². The lowest BCUT2D eigenvalue weighted by Gasteiger charge is -2.15. The molecule has 1 amide bonds. The van der Waals surface area contributed by atoms with Crippen LogP contribution in [0.1, 0.15) is 23.5 Å². The van der Waals surface area contributed by atoms with Crippen molar-refractivity contribution in [3.05, 3.63) is 11.9 Å². The maximum Gasteiger partial charge on any atom is 0.246 e. The minimum atomic E-state index is -0.439. The molecule has 6 heteroatoms. The molecule has 0 aliphatic carbocycles. The summed E-state index contributed by atoms with van der Waals surface area (Å²) in [6.07, 6.45) is 2.04. The molecular weight excluding hydrogens is 184 g/mol. The monoisotopic (exact) mass is 196 g/mol. The molecule has 0 aliphatic rings. The van der Waals surface area contributed by atoms with Crippen molar-refractivity contribution >= 4 is 12.2 Å². The Morgan fingerprint density at radius 1 is 1.64 bits per heavy atom. The molecule has 6 nitrogen and oxygen atoms in total. The fourth-order valence-corrected chi connectivity index (χ4v) is 1.02. The van der Waals surface area contributed by atoms with E-state index in [0.717, 1.165) is 0 Å². The SMILES string of the molecule is CC(C(=O)N(C)C)n1cc(C=O)nn1. The first-order valence-corrected chi connectivity index (χ1v) is 4.14. The van der Waals surface area contributed by atoms with Crippen molar-refractivity contribution in [2.24, 2.45) is 0 Å². The van der Waals surface area contributed by atoms with Gasteiger partial charge in [0, 0.05) is 14.1 Å². The van der Waals surface area contributed by atoms with Crippen molar-refractivity contribution in [3.63, 3.8) is 0 Å². The zero-order chi connectivity index (χ0) is 10.7. The van der Waals surface area contributed by atoms with Crippen LogP contribution in [0.5, 0.6) is 0 Å².